The number of hydrogen-bond acceptors (Lipinski definition) is 6. The lowest BCUT2D eigenvalue weighted by atomic mass is 10.1. The van der Waals surface area contributed by atoms with Gasteiger partial charge in [0.05, 0.1) is 18.4 Å². The van der Waals surface area contributed by atoms with Crippen LogP contribution in [0.5, 0.6) is 0 Å². The highest BCUT2D eigenvalue weighted by molar-refractivity contribution is 7.85. The Labute approximate surface area is 112 Å². The predicted molar refractivity (Wildman–Crippen MR) is 67.7 cm³/mol. The molecule has 6 nitrogen and oxygen atoms in total. The van der Waals surface area contributed by atoms with Crippen LogP contribution in [0.4, 0.5) is 0 Å². The molecule has 0 unspecified atom stereocenters. The van der Waals surface area contributed by atoms with Gasteiger partial charge in [-0.1, -0.05) is 18.2 Å². The van der Waals surface area contributed by atoms with Crippen molar-refractivity contribution in [3.05, 3.63) is 35.9 Å². The zero-order chi connectivity index (χ0) is 13.9. The second-order valence-corrected chi connectivity index (χ2v) is 6.09. The molecule has 0 amide bonds. The average Bonchev–Trinajstić information content (AvgIpc) is 2.31. The molecular formula is C12H15NO5S. The maximum atomic E-state index is 11.7. The van der Waals surface area contributed by atoms with Gasteiger partial charge in [0.25, 0.3) is 10.1 Å². The lowest BCUT2D eigenvalue weighted by Gasteiger charge is -2.36. The molecule has 19 heavy (non-hydrogen) atoms. The lowest BCUT2D eigenvalue weighted by molar-refractivity contribution is -0.178. The van der Waals surface area contributed by atoms with E-state index < -0.39 is 16.1 Å². The van der Waals surface area contributed by atoms with Crippen LogP contribution in [0.15, 0.2) is 30.3 Å². The SMILES string of the molecule is CS(=O)(=O)OCC1CN(OC(=O)c2ccccc2)C1. The third kappa shape index (κ3) is 4.30. The molecule has 1 saturated heterocycles. The Balaban J connectivity index is 1.72. The number of carbonyl (C=O) groups is 1. The van der Waals surface area contributed by atoms with E-state index in [0.29, 0.717) is 18.7 Å². The van der Waals surface area contributed by atoms with Crippen LogP contribution in [0.25, 0.3) is 0 Å². The zero-order valence-electron chi connectivity index (χ0n) is 10.5. The minimum absolute atomic E-state index is 0.0679. The van der Waals surface area contributed by atoms with E-state index in [-0.39, 0.29) is 12.5 Å². The molecule has 1 aliphatic heterocycles. The molecule has 1 aromatic carbocycles. The van der Waals surface area contributed by atoms with Crippen molar-refractivity contribution >= 4 is 16.1 Å². The fourth-order valence-electron chi connectivity index (χ4n) is 1.67. The Bertz CT molecular complexity index is 536. The minimum Gasteiger partial charge on any atom is -0.364 e. The molecule has 2 rings (SSSR count). The number of carbonyl (C=O) groups excluding carboxylic acids is 1. The molecule has 0 spiro atoms. The normalized spacial score (nSPS) is 16.9. The van der Waals surface area contributed by atoms with Gasteiger partial charge in [-0.25, -0.2) is 4.79 Å². The summed E-state index contributed by atoms with van der Waals surface area (Å²) in [5.74, 6) is -0.346. The average molecular weight is 285 g/mol. The molecule has 0 bridgehead atoms. The maximum absolute atomic E-state index is 11.7. The van der Waals surface area contributed by atoms with Crippen LogP contribution in [0.2, 0.25) is 0 Å². The Morgan fingerprint density at radius 1 is 1.32 bits per heavy atom. The summed E-state index contributed by atoms with van der Waals surface area (Å²) in [7, 11) is -3.41. The van der Waals surface area contributed by atoms with Gasteiger partial charge in [0, 0.05) is 19.0 Å². The van der Waals surface area contributed by atoms with Crippen molar-refractivity contribution in [2.24, 2.45) is 5.92 Å². The van der Waals surface area contributed by atoms with Crippen molar-refractivity contribution in [2.75, 3.05) is 26.0 Å². The summed E-state index contributed by atoms with van der Waals surface area (Å²) in [5, 5.41) is 1.49. The van der Waals surface area contributed by atoms with E-state index in [9.17, 15) is 13.2 Å². The van der Waals surface area contributed by atoms with E-state index >= 15 is 0 Å². The van der Waals surface area contributed by atoms with Crippen LogP contribution in [-0.2, 0) is 19.1 Å². The quantitative estimate of drug-likeness (QED) is 0.740. The summed E-state index contributed by atoms with van der Waals surface area (Å²) < 4.78 is 26.3. The number of benzene rings is 1. The first-order valence-electron chi connectivity index (χ1n) is 5.81. The van der Waals surface area contributed by atoms with Gasteiger partial charge < -0.3 is 4.84 Å². The van der Waals surface area contributed by atoms with Crippen LogP contribution in [0.3, 0.4) is 0 Å². The van der Waals surface area contributed by atoms with Gasteiger partial charge >= 0.3 is 5.97 Å². The molecule has 0 atom stereocenters. The third-order valence-corrected chi connectivity index (χ3v) is 3.23. The Morgan fingerprint density at radius 2 is 1.95 bits per heavy atom. The van der Waals surface area contributed by atoms with Crippen molar-refractivity contribution in [1.29, 1.82) is 0 Å². The highest BCUT2D eigenvalue weighted by Crippen LogP contribution is 2.18. The molecule has 1 aromatic rings. The summed E-state index contributed by atoms with van der Waals surface area (Å²) >= 11 is 0. The first-order chi connectivity index (χ1) is 8.94. The molecule has 1 fully saturated rings. The summed E-state index contributed by atoms with van der Waals surface area (Å²) in [6.07, 6.45) is 1.01. The summed E-state index contributed by atoms with van der Waals surface area (Å²) in [4.78, 5) is 16.8. The molecule has 104 valence electrons. The van der Waals surface area contributed by atoms with E-state index in [1.165, 1.54) is 5.06 Å². The standard InChI is InChI=1S/C12H15NO5S/c1-19(15,16)17-9-10-7-13(8-10)18-12(14)11-5-3-2-4-6-11/h2-6,10H,7-9H2,1H3. The molecule has 0 N–H and O–H groups in total. The van der Waals surface area contributed by atoms with E-state index in [4.69, 9.17) is 4.84 Å². The Kier molecular flexibility index (Phi) is 4.18. The third-order valence-electron chi connectivity index (χ3n) is 2.66. The molecular weight excluding hydrogens is 270 g/mol. The molecule has 1 heterocycles. The van der Waals surface area contributed by atoms with Gasteiger partial charge in [-0.15, -0.1) is 5.06 Å². The molecule has 0 aromatic heterocycles. The molecule has 1 aliphatic rings. The van der Waals surface area contributed by atoms with Gasteiger partial charge in [-0.2, -0.15) is 8.42 Å². The Hall–Kier alpha value is -1.44. The molecule has 0 aliphatic carbocycles. The van der Waals surface area contributed by atoms with Crippen LogP contribution in [0.1, 0.15) is 10.4 Å². The van der Waals surface area contributed by atoms with Crippen LogP contribution >= 0.6 is 0 Å². The molecule has 0 saturated carbocycles. The summed E-state index contributed by atoms with van der Waals surface area (Å²) in [6, 6.07) is 8.68. The highest BCUT2D eigenvalue weighted by atomic mass is 32.2. The fraction of sp³-hybridized carbons (Fsp3) is 0.417. The maximum Gasteiger partial charge on any atom is 0.357 e. The van der Waals surface area contributed by atoms with Gasteiger partial charge in [0.2, 0.25) is 0 Å². The summed E-state index contributed by atoms with van der Waals surface area (Å²) in [5.41, 5.74) is 0.485. The van der Waals surface area contributed by atoms with Crippen LogP contribution < -0.4 is 0 Å². The smallest absolute Gasteiger partial charge is 0.357 e. The number of rotatable bonds is 5. The van der Waals surface area contributed by atoms with Crippen molar-refractivity contribution in [2.45, 2.75) is 0 Å². The fourth-order valence-corrected chi connectivity index (χ4v) is 2.11. The van der Waals surface area contributed by atoms with Crippen molar-refractivity contribution in [1.82, 2.24) is 5.06 Å². The highest BCUT2D eigenvalue weighted by Gasteiger charge is 2.31. The molecule has 7 heteroatoms. The predicted octanol–water partition coefficient (Wildman–Crippen LogP) is 0.666. The first kappa shape index (κ1) is 14.0. The van der Waals surface area contributed by atoms with Gasteiger partial charge in [0.1, 0.15) is 0 Å². The summed E-state index contributed by atoms with van der Waals surface area (Å²) in [6.45, 7) is 1.08. The van der Waals surface area contributed by atoms with E-state index in [2.05, 4.69) is 4.18 Å². The van der Waals surface area contributed by atoms with Gasteiger partial charge in [0.15, 0.2) is 0 Å². The van der Waals surface area contributed by atoms with E-state index in [1.807, 2.05) is 6.07 Å². The monoisotopic (exact) mass is 285 g/mol. The number of nitrogens with zero attached hydrogens (tertiary/aromatic N) is 1. The second-order valence-electron chi connectivity index (χ2n) is 4.45. The van der Waals surface area contributed by atoms with E-state index in [1.54, 1.807) is 24.3 Å². The first-order valence-corrected chi connectivity index (χ1v) is 7.62. The van der Waals surface area contributed by atoms with Crippen LogP contribution in [0, 0.1) is 5.92 Å². The number of hydrogen-bond donors (Lipinski definition) is 0. The van der Waals surface area contributed by atoms with Crippen LogP contribution in [-0.4, -0.2) is 45.4 Å². The van der Waals surface area contributed by atoms with Crippen molar-refractivity contribution < 1.29 is 22.2 Å². The number of hydroxylamine groups is 2. The van der Waals surface area contributed by atoms with Gasteiger partial charge in [-0.05, 0) is 12.1 Å². The zero-order valence-corrected chi connectivity index (χ0v) is 11.3. The van der Waals surface area contributed by atoms with Crippen molar-refractivity contribution in [3.63, 3.8) is 0 Å². The topological polar surface area (TPSA) is 72.9 Å². The largest absolute Gasteiger partial charge is 0.364 e. The minimum atomic E-state index is -3.41. The molecule has 0 radical (unpaired) electrons. The Morgan fingerprint density at radius 3 is 2.53 bits per heavy atom. The lowest BCUT2D eigenvalue weighted by Crippen LogP contribution is -2.49. The van der Waals surface area contributed by atoms with E-state index in [0.717, 1.165) is 6.26 Å². The second kappa shape index (κ2) is 5.68. The van der Waals surface area contributed by atoms with Crippen molar-refractivity contribution in [3.8, 4) is 0 Å². The van der Waals surface area contributed by atoms with Gasteiger partial charge in [-0.3, -0.25) is 4.18 Å².